The van der Waals surface area contributed by atoms with E-state index in [-0.39, 0.29) is 25.9 Å². The molecule has 0 spiro atoms. The van der Waals surface area contributed by atoms with Crippen molar-refractivity contribution in [1.29, 1.82) is 0 Å². The fourth-order valence-electron chi connectivity index (χ4n) is 0.210. The van der Waals surface area contributed by atoms with Gasteiger partial charge in [0, 0.05) is 0 Å². The molecule has 0 aromatic heterocycles. The predicted octanol–water partition coefficient (Wildman–Crippen LogP) is -0.789. The first-order valence-corrected chi connectivity index (χ1v) is 7.24. The monoisotopic (exact) mass is 215 g/mol. The number of hydrogen-bond acceptors (Lipinski definition) is 5. The quantitative estimate of drug-likeness (QED) is 0.443. The van der Waals surface area contributed by atoms with Crippen LogP contribution >= 0.6 is 0 Å². The maximum absolute atomic E-state index is 10.5. The summed E-state index contributed by atoms with van der Waals surface area (Å²) in [7, 11) is -5.49. The van der Waals surface area contributed by atoms with Crippen molar-refractivity contribution >= 4 is 25.9 Å². The Morgan fingerprint density at radius 3 is 0.833 bits per heavy atom. The molecule has 0 radical (unpaired) electrons. The fraction of sp³-hybridized carbons (Fsp3) is 0.167. The second-order valence-electron chi connectivity index (χ2n) is 2.80. The van der Waals surface area contributed by atoms with Crippen LogP contribution in [-0.2, 0) is 34.7 Å². The summed E-state index contributed by atoms with van der Waals surface area (Å²) in [6.45, 7) is 0. The number of rotatable bonds is 5. The molecule has 0 unspecified atom stereocenters. The number of carbonyl (C=O) groups is 5. The van der Waals surface area contributed by atoms with Crippen molar-refractivity contribution in [3.05, 3.63) is 0 Å². The van der Waals surface area contributed by atoms with E-state index < -0.39 is 10.7 Å². The second-order valence-corrected chi connectivity index (χ2v) is 11.5. The molecule has 0 fully saturated rings. The number of hydrogen-bond donors (Lipinski definition) is 0. The van der Waals surface area contributed by atoms with Gasteiger partial charge in [0.05, 0.1) is 0 Å². The topological polar surface area (TPSA) is 85.3 Å². The Hall–Kier alpha value is -1.13. The molecule has 0 aromatic carbocycles. The fourth-order valence-corrected chi connectivity index (χ4v) is 0.866. The summed E-state index contributed by atoms with van der Waals surface area (Å²) in [5.74, 6) is 0.823. The van der Waals surface area contributed by atoms with Crippen LogP contribution in [0.15, 0.2) is 0 Å². The van der Waals surface area contributed by atoms with E-state index in [4.69, 9.17) is 0 Å². The van der Waals surface area contributed by atoms with Gasteiger partial charge in [-0.1, -0.05) is 0 Å². The first kappa shape index (κ1) is 10.9. The van der Waals surface area contributed by atoms with E-state index in [0.29, 0.717) is 0 Å². The van der Waals surface area contributed by atoms with Gasteiger partial charge < -0.3 is 0 Å². The molecule has 0 saturated heterocycles. The predicted molar refractivity (Wildman–Crippen MR) is 39.6 cm³/mol. The zero-order valence-electron chi connectivity index (χ0n) is 6.31. The van der Waals surface area contributed by atoms with Crippen molar-refractivity contribution < 1.29 is 34.7 Å². The van der Waals surface area contributed by atoms with E-state index in [0.717, 1.165) is 5.82 Å². The molecule has 0 saturated carbocycles. The molecule has 0 aliphatic rings. The zero-order chi connectivity index (χ0) is 9.94. The molecular weight excluding hydrogens is 207 g/mol. The van der Waals surface area contributed by atoms with Crippen molar-refractivity contribution in [2.75, 3.05) is 0 Å². The molecule has 5 nitrogen and oxygen atoms in total. The van der Waals surface area contributed by atoms with Gasteiger partial charge in [-0.05, 0) is 0 Å². The van der Waals surface area contributed by atoms with Crippen LogP contribution in [0.4, 0.5) is 0 Å². The SMILES string of the molecule is [CH3][Mn]([CH]=O)([CH]=O)([CH]=O)([CH]=O)[CH]=O. The van der Waals surface area contributed by atoms with E-state index in [9.17, 15) is 24.0 Å². The van der Waals surface area contributed by atoms with Crippen LogP contribution < -0.4 is 0 Å². The maximum atomic E-state index is 10.5. The summed E-state index contributed by atoms with van der Waals surface area (Å²) in [5.41, 5.74) is 0. The van der Waals surface area contributed by atoms with Gasteiger partial charge in [-0.3, -0.25) is 0 Å². The Morgan fingerprint density at radius 1 is 0.667 bits per heavy atom. The summed E-state index contributed by atoms with van der Waals surface area (Å²) >= 11 is 0. The third-order valence-corrected chi connectivity index (χ3v) is 6.08. The Labute approximate surface area is 67.0 Å². The van der Waals surface area contributed by atoms with E-state index in [1.54, 1.807) is 0 Å². The molecular formula is C6H8MnO5. The summed E-state index contributed by atoms with van der Waals surface area (Å²) < 4.78 is 0. The minimum absolute atomic E-state index is 0.115. The first-order valence-electron chi connectivity index (χ1n) is 2.65. The van der Waals surface area contributed by atoms with Gasteiger partial charge in [0.2, 0.25) is 0 Å². The van der Waals surface area contributed by atoms with Crippen LogP contribution in [0, 0.1) is 0 Å². The van der Waals surface area contributed by atoms with Crippen molar-refractivity contribution in [2.45, 2.75) is 5.82 Å². The molecule has 0 aliphatic heterocycles. The van der Waals surface area contributed by atoms with Gasteiger partial charge >= 0.3 is 66.5 Å². The zero-order valence-corrected chi connectivity index (χ0v) is 7.49. The minimum atomic E-state index is -5.49. The summed E-state index contributed by atoms with van der Waals surface area (Å²) in [4.78, 5) is 52.7. The van der Waals surface area contributed by atoms with Gasteiger partial charge in [-0.15, -0.1) is 0 Å². The molecule has 69 valence electrons. The first-order chi connectivity index (χ1) is 5.39. The van der Waals surface area contributed by atoms with Gasteiger partial charge in [-0.2, -0.15) is 0 Å². The van der Waals surface area contributed by atoms with Crippen molar-refractivity contribution in [3.63, 3.8) is 0 Å². The summed E-state index contributed by atoms with van der Waals surface area (Å²) in [6.07, 6.45) is 0. The summed E-state index contributed by atoms with van der Waals surface area (Å²) in [5, 5.41) is -0.573. The standard InChI is InChI=1S/5CHO.CH3.Mn/c5*1-2;;/h5*1H;1H3;. The van der Waals surface area contributed by atoms with Crippen LogP contribution in [0.3, 0.4) is 0 Å². The van der Waals surface area contributed by atoms with E-state index in [1.807, 2.05) is 0 Å². The molecule has 12 heavy (non-hydrogen) atoms. The van der Waals surface area contributed by atoms with E-state index in [2.05, 4.69) is 0 Å². The second kappa shape index (κ2) is 2.18. The van der Waals surface area contributed by atoms with Crippen molar-refractivity contribution in [1.82, 2.24) is 0 Å². The van der Waals surface area contributed by atoms with E-state index >= 15 is 0 Å². The van der Waals surface area contributed by atoms with Crippen LogP contribution in [-0.4, -0.2) is 25.9 Å². The molecule has 0 atom stereocenters. The molecule has 6 heteroatoms. The van der Waals surface area contributed by atoms with Gasteiger partial charge in [0.1, 0.15) is 0 Å². The average Bonchev–Trinajstić information content (AvgIpc) is 2.19. The Balaban J connectivity index is 6.15. The van der Waals surface area contributed by atoms with Gasteiger partial charge in [-0.25, -0.2) is 0 Å². The molecule has 0 amide bonds. The molecule has 0 bridgehead atoms. The van der Waals surface area contributed by atoms with Gasteiger partial charge in [0.25, 0.3) is 0 Å². The average molecular weight is 215 g/mol. The third-order valence-electron chi connectivity index (χ3n) is 1.47. The Bertz CT molecular complexity index is 221. The van der Waals surface area contributed by atoms with Crippen LogP contribution in [0.1, 0.15) is 0 Å². The normalized spacial score (nSPS) is 16.4. The molecule has 0 heterocycles. The molecule has 0 rings (SSSR count). The Morgan fingerprint density at radius 2 is 0.833 bits per heavy atom. The van der Waals surface area contributed by atoms with Crippen LogP contribution in [0.25, 0.3) is 0 Å². The van der Waals surface area contributed by atoms with Crippen molar-refractivity contribution in [2.24, 2.45) is 0 Å². The molecule has 0 aliphatic carbocycles. The summed E-state index contributed by atoms with van der Waals surface area (Å²) in [6, 6.07) is 0. The van der Waals surface area contributed by atoms with Crippen LogP contribution in [0.5, 0.6) is 0 Å². The van der Waals surface area contributed by atoms with E-state index in [1.165, 1.54) is 0 Å². The van der Waals surface area contributed by atoms with Crippen LogP contribution in [0.2, 0.25) is 5.82 Å². The molecule has 0 N–H and O–H groups in total. The number of carbonyl (C=O) groups excluding carboxylic acids is 5. The van der Waals surface area contributed by atoms with Gasteiger partial charge in [0.15, 0.2) is 0 Å². The third kappa shape index (κ3) is 0.964. The Kier molecular flexibility index (Phi) is 1.98. The molecule has 0 aromatic rings. The van der Waals surface area contributed by atoms with Crippen molar-refractivity contribution in [3.8, 4) is 0 Å².